The number of carbonyl (C=O) groups is 1. The molecule has 88 valence electrons. The van der Waals surface area contributed by atoms with E-state index in [1.165, 1.54) is 0 Å². The second-order valence-corrected chi connectivity index (χ2v) is 2.72. The van der Waals surface area contributed by atoms with Gasteiger partial charge in [0, 0.05) is 6.20 Å². The second kappa shape index (κ2) is 4.03. The first kappa shape index (κ1) is 12.3. The zero-order valence-corrected chi connectivity index (χ0v) is 7.42. The standard InChI is InChI=1S/C8H4F5NO2/c9-6(10)4-3(8(11,12)13)1-2-14-5(4)7(15)16/h1-2,6H,(H,15,16). The number of hydrogen-bond donors (Lipinski definition) is 1. The van der Waals surface area contributed by atoms with Gasteiger partial charge in [0.2, 0.25) is 0 Å². The van der Waals surface area contributed by atoms with Crippen molar-refractivity contribution in [3.8, 4) is 0 Å². The highest BCUT2D eigenvalue weighted by atomic mass is 19.4. The Bertz CT molecular complexity index is 415. The Labute approximate surface area is 85.5 Å². The first-order valence-electron chi connectivity index (χ1n) is 3.82. The summed E-state index contributed by atoms with van der Waals surface area (Å²) in [7, 11) is 0. The number of aromatic nitrogens is 1. The largest absolute Gasteiger partial charge is 0.476 e. The summed E-state index contributed by atoms with van der Waals surface area (Å²) in [5.74, 6) is -1.93. The smallest absolute Gasteiger partial charge is 0.417 e. The molecular weight excluding hydrogens is 237 g/mol. The molecule has 0 aliphatic rings. The van der Waals surface area contributed by atoms with E-state index in [-0.39, 0.29) is 0 Å². The van der Waals surface area contributed by atoms with Gasteiger partial charge in [0.05, 0.1) is 11.1 Å². The second-order valence-electron chi connectivity index (χ2n) is 2.72. The Morgan fingerprint density at radius 3 is 2.31 bits per heavy atom. The van der Waals surface area contributed by atoms with Gasteiger partial charge in [-0.25, -0.2) is 18.6 Å². The molecule has 1 N–H and O–H groups in total. The molecule has 1 rings (SSSR count). The Hall–Kier alpha value is -1.73. The minimum Gasteiger partial charge on any atom is -0.476 e. The number of halogens is 5. The fraction of sp³-hybridized carbons (Fsp3) is 0.250. The van der Waals surface area contributed by atoms with E-state index in [0.29, 0.717) is 12.3 Å². The molecule has 1 aromatic rings. The average Bonchev–Trinajstić information content (AvgIpc) is 2.14. The predicted molar refractivity (Wildman–Crippen MR) is 41.2 cm³/mol. The minimum atomic E-state index is -5.04. The molecule has 0 radical (unpaired) electrons. The summed E-state index contributed by atoms with van der Waals surface area (Å²) in [5, 5.41) is 8.44. The molecule has 0 aliphatic carbocycles. The van der Waals surface area contributed by atoms with Crippen LogP contribution in [0.1, 0.15) is 28.0 Å². The van der Waals surface area contributed by atoms with E-state index in [1.54, 1.807) is 0 Å². The van der Waals surface area contributed by atoms with Crippen LogP contribution in [0.3, 0.4) is 0 Å². The van der Waals surface area contributed by atoms with Gasteiger partial charge in [-0.3, -0.25) is 0 Å². The first-order valence-corrected chi connectivity index (χ1v) is 3.82. The lowest BCUT2D eigenvalue weighted by Gasteiger charge is -2.13. The van der Waals surface area contributed by atoms with Crippen LogP contribution >= 0.6 is 0 Å². The van der Waals surface area contributed by atoms with E-state index in [2.05, 4.69) is 4.98 Å². The Morgan fingerprint density at radius 1 is 1.38 bits per heavy atom. The number of aromatic carboxylic acids is 1. The van der Waals surface area contributed by atoms with Gasteiger partial charge >= 0.3 is 12.1 Å². The zero-order valence-electron chi connectivity index (χ0n) is 7.42. The lowest BCUT2D eigenvalue weighted by molar-refractivity contribution is -0.139. The van der Waals surface area contributed by atoms with Gasteiger partial charge in [0.25, 0.3) is 6.43 Å². The summed E-state index contributed by atoms with van der Waals surface area (Å²) in [4.78, 5) is 13.4. The molecule has 16 heavy (non-hydrogen) atoms. The number of alkyl halides is 5. The zero-order chi connectivity index (χ0) is 12.5. The van der Waals surface area contributed by atoms with Crippen molar-refractivity contribution >= 4 is 5.97 Å². The van der Waals surface area contributed by atoms with Crippen molar-refractivity contribution in [1.29, 1.82) is 0 Å². The van der Waals surface area contributed by atoms with Crippen LogP contribution in [0.15, 0.2) is 12.3 Å². The fourth-order valence-corrected chi connectivity index (χ4v) is 1.11. The molecule has 0 spiro atoms. The van der Waals surface area contributed by atoms with Crippen LogP contribution in [-0.2, 0) is 6.18 Å². The van der Waals surface area contributed by atoms with E-state index in [9.17, 15) is 26.7 Å². The number of rotatable bonds is 2. The SMILES string of the molecule is O=C(O)c1nccc(C(F)(F)F)c1C(F)F. The summed E-state index contributed by atoms with van der Waals surface area (Å²) in [6, 6.07) is 0.313. The molecule has 0 saturated heterocycles. The van der Waals surface area contributed by atoms with Crippen LogP contribution in [0.5, 0.6) is 0 Å². The molecule has 8 heteroatoms. The highest BCUT2D eigenvalue weighted by molar-refractivity contribution is 5.87. The van der Waals surface area contributed by atoms with E-state index < -0.39 is 35.4 Å². The van der Waals surface area contributed by atoms with Gasteiger partial charge in [-0.05, 0) is 6.07 Å². The quantitative estimate of drug-likeness (QED) is 0.810. The van der Waals surface area contributed by atoms with Crippen LogP contribution in [-0.4, -0.2) is 16.1 Å². The predicted octanol–water partition coefficient (Wildman–Crippen LogP) is 2.74. The molecule has 0 unspecified atom stereocenters. The van der Waals surface area contributed by atoms with Crippen molar-refractivity contribution in [1.82, 2.24) is 4.98 Å². The summed E-state index contributed by atoms with van der Waals surface area (Å²) < 4.78 is 61.6. The van der Waals surface area contributed by atoms with Gasteiger partial charge in [-0.1, -0.05) is 0 Å². The molecule has 1 aromatic heterocycles. The first-order chi connectivity index (χ1) is 7.25. The van der Waals surface area contributed by atoms with E-state index in [4.69, 9.17) is 5.11 Å². The van der Waals surface area contributed by atoms with Crippen molar-refractivity contribution < 1.29 is 31.9 Å². The van der Waals surface area contributed by atoms with Crippen molar-refractivity contribution in [2.24, 2.45) is 0 Å². The molecule has 0 amide bonds. The number of carboxylic acid groups (broad SMARTS) is 1. The maximum absolute atomic E-state index is 12.4. The topological polar surface area (TPSA) is 50.2 Å². The third kappa shape index (κ3) is 2.26. The minimum absolute atomic E-state index is 0.313. The summed E-state index contributed by atoms with van der Waals surface area (Å²) in [5.41, 5.74) is -4.58. The number of pyridine rings is 1. The van der Waals surface area contributed by atoms with Crippen LogP contribution in [0, 0.1) is 0 Å². The third-order valence-electron chi connectivity index (χ3n) is 1.72. The molecule has 1 heterocycles. The third-order valence-corrected chi connectivity index (χ3v) is 1.72. The average molecular weight is 241 g/mol. The normalized spacial score (nSPS) is 11.9. The lowest BCUT2D eigenvalue weighted by Crippen LogP contribution is -2.15. The summed E-state index contributed by atoms with van der Waals surface area (Å²) in [6.07, 6.45) is -8.08. The van der Waals surface area contributed by atoms with Crippen molar-refractivity contribution in [2.75, 3.05) is 0 Å². The molecular formula is C8H4F5NO2. The van der Waals surface area contributed by atoms with E-state index >= 15 is 0 Å². The highest BCUT2D eigenvalue weighted by Gasteiger charge is 2.38. The van der Waals surface area contributed by atoms with Crippen LogP contribution < -0.4 is 0 Å². The lowest BCUT2D eigenvalue weighted by atomic mass is 10.1. The summed E-state index contributed by atoms with van der Waals surface area (Å²) >= 11 is 0. The molecule has 0 aliphatic heterocycles. The Balaban J connectivity index is 3.51. The van der Waals surface area contributed by atoms with E-state index in [1.807, 2.05) is 0 Å². The van der Waals surface area contributed by atoms with E-state index in [0.717, 1.165) is 0 Å². The van der Waals surface area contributed by atoms with Gasteiger partial charge in [0.1, 0.15) is 0 Å². The van der Waals surface area contributed by atoms with Crippen LogP contribution in [0.2, 0.25) is 0 Å². The maximum Gasteiger partial charge on any atom is 0.417 e. The number of carboxylic acids is 1. The molecule has 3 nitrogen and oxygen atoms in total. The van der Waals surface area contributed by atoms with Gasteiger partial charge in [0.15, 0.2) is 5.69 Å². The molecule has 0 saturated carbocycles. The Kier molecular flexibility index (Phi) is 3.11. The van der Waals surface area contributed by atoms with Gasteiger partial charge in [-0.15, -0.1) is 0 Å². The van der Waals surface area contributed by atoms with Crippen LogP contribution in [0.4, 0.5) is 22.0 Å². The van der Waals surface area contributed by atoms with Crippen molar-refractivity contribution in [3.63, 3.8) is 0 Å². The molecule has 0 aromatic carbocycles. The maximum atomic E-state index is 12.4. The summed E-state index contributed by atoms with van der Waals surface area (Å²) in [6.45, 7) is 0. The van der Waals surface area contributed by atoms with Crippen molar-refractivity contribution in [2.45, 2.75) is 12.6 Å². The monoisotopic (exact) mass is 241 g/mol. The van der Waals surface area contributed by atoms with Gasteiger partial charge < -0.3 is 5.11 Å². The molecule has 0 fully saturated rings. The number of nitrogens with zero attached hydrogens (tertiary/aromatic N) is 1. The fourth-order valence-electron chi connectivity index (χ4n) is 1.11. The van der Waals surface area contributed by atoms with Crippen LogP contribution in [0.25, 0.3) is 0 Å². The number of hydrogen-bond acceptors (Lipinski definition) is 2. The van der Waals surface area contributed by atoms with Crippen molar-refractivity contribution in [3.05, 3.63) is 29.1 Å². The highest BCUT2D eigenvalue weighted by Crippen LogP contribution is 2.37. The molecule has 0 atom stereocenters. The molecule has 0 bridgehead atoms. The van der Waals surface area contributed by atoms with Gasteiger partial charge in [-0.2, -0.15) is 13.2 Å². The Morgan fingerprint density at radius 2 is 1.94 bits per heavy atom.